The molecule has 1 fully saturated rings. The van der Waals surface area contributed by atoms with Crippen LogP contribution in [0.15, 0.2) is 0 Å². The van der Waals surface area contributed by atoms with Crippen LogP contribution in [0.2, 0.25) is 0 Å². The Balaban J connectivity index is 2.28. The van der Waals surface area contributed by atoms with Gasteiger partial charge in [0.2, 0.25) is 0 Å². The van der Waals surface area contributed by atoms with Crippen LogP contribution in [0.1, 0.15) is 39.0 Å². The summed E-state index contributed by atoms with van der Waals surface area (Å²) in [6.45, 7) is 2.48. The highest BCUT2D eigenvalue weighted by atomic mass is 16.5. The number of hydrogen-bond acceptors (Lipinski definition) is 3. The van der Waals surface area contributed by atoms with Crippen molar-refractivity contribution in [1.29, 1.82) is 0 Å². The highest BCUT2D eigenvalue weighted by Crippen LogP contribution is 2.28. The fourth-order valence-electron chi connectivity index (χ4n) is 2.27. The van der Waals surface area contributed by atoms with E-state index in [2.05, 4.69) is 12.2 Å². The quantitative estimate of drug-likeness (QED) is 0.727. The van der Waals surface area contributed by atoms with Gasteiger partial charge in [-0.3, -0.25) is 4.79 Å². The Hall–Kier alpha value is -0.610. The molecule has 3 unspecified atom stereocenters. The summed E-state index contributed by atoms with van der Waals surface area (Å²) in [5.41, 5.74) is 0. The Bertz CT molecular complexity index is 220. The van der Waals surface area contributed by atoms with Gasteiger partial charge in [0.15, 0.2) is 0 Å². The van der Waals surface area contributed by atoms with Crippen molar-refractivity contribution < 1.29 is 14.6 Å². The number of ether oxygens (including phenoxy) is 1. The zero-order chi connectivity index (χ0) is 12.0. The first-order valence-corrected chi connectivity index (χ1v) is 6.19. The number of carbonyl (C=O) groups is 1. The molecule has 0 bridgehead atoms. The smallest absolute Gasteiger partial charge is 0.323 e. The molecule has 4 nitrogen and oxygen atoms in total. The van der Waals surface area contributed by atoms with E-state index in [-0.39, 0.29) is 12.7 Å². The molecule has 0 aromatic heterocycles. The lowest BCUT2D eigenvalue weighted by Crippen LogP contribution is -2.39. The van der Waals surface area contributed by atoms with Crippen molar-refractivity contribution in [3.8, 4) is 0 Å². The van der Waals surface area contributed by atoms with E-state index in [9.17, 15) is 4.79 Å². The molecule has 1 rings (SSSR count). The summed E-state index contributed by atoms with van der Waals surface area (Å²) < 4.78 is 5.69. The van der Waals surface area contributed by atoms with Gasteiger partial charge in [0.25, 0.3) is 0 Å². The van der Waals surface area contributed by atoms with E-state index in [1.165, 1.54) is 19.3 Å². The van der Waals surface area contributed by atoms with Gasteiger partial charge < -0.3 is 15.2 Å². The fraction of sp³-hybridized carbons (Fsp3) is 0.917. The van der Waals surface area contributed by atoms with Gasteiger partial charge in [-0.1, -0.05) is 26.2 Å². The second kappa shape index (κ2) is 6.86. The first kappa shape index (κ1) is 13.5. The van der Waals surface area contributed by atoms with E-state index < -0.39 is 12.0 Å². The van der Waals surface area contributed by atoms with E-state index in [4.69, 9.17) is 9.84 Å². The van der Waals surface area contributed by atoms with Gasteiger partial charge in [0.05, 0.1) is 12.7 Å². The number of rotatable bonds is 6. The summed E-state index contributed by atoms with van der Waals surface area (Å²) in [4.78, 5) is 10.8. The van der Waals surface area contributed by atoms with Crippen molar-refractivity contribution in [1.82, 2.24) is 5.32 Å². The lowest BCUT2D eigenvalue weighted by molar-refractivity contribution is -0.141. The Morgan fingerprint density at radius 2 is 2.31 bits per heavy atom. The Morgan fingerprint density at radius 1 is 1.56 bits per heavy atom. The molecule has 0 aromatic rings. The molecular weight excluding hydrogens is 206 g/mol. The van der Waals surface area contributed by atoms with Crippen LogP contribution in [0.25, 0.3) is 0 Å². The predicted molar refractivity (Wildman–Crippen MR) is 62.5 cm³/mol. The highest BCUT2D eigenvalue weighted by Gasteiger charge is 2.23. The first-order chi connectivity index (χ1) is 7.67. The minimum Gasteiger partial charge on any atom is -0.480 e. The zero-order valence-corrected chi connectivity index (χ0v) is 10.2. The maximum atomic E-state index is 10.8. The van der Waals surface area contributed by atoms with Crippen LogP contribution >= 0.6 is 0 Å². The summed E-state index contributed by atoms with van der Waals surface area (Å²) in [5, 5.41) is 11.6. The molecule has 0 saturated heterocycles. The molecule has 4 heteroatoms. The number of carboxylic acids is 1. The van der Waals surface area contributed by atoms with Gasteiger partial charge in [-0.25, -0.2) is 0 Å². The molecule has 1 aliphatic rings. The first-order valence-electron chi connectivity index (χ1n) is 6.19. The third-order valence-electron chi connectivity index (χ3n) is 3.46. The van der Waals surface area contributed by atoms with Crippen molar-refractivity contribution in [2.45, 2.75) is 51.2 Å². The van der Waals surface area contributed by atoms with Crippen LogP contribution in [0.4, 0.5) is 0 Å². The molecule has 0 radical (unpaired) electrons. The summed E-state index contributed by atoms with van der Waals surface area (Å²) >= 11 is 0. The topological polar surface area (TPSA) is 58.6 Å². The van der Waals surface area contributed by atoms with E-state index in [1.807, 2.05) is 0 Å². The van der Waals surface area contributed by atoms with Crippen LogP contribution in [-0.2, 0) is 9.53 Å². The average Bonchev–Trinajstić information content (AvgIpc) is 2.29. The van der Waals surface area contributed by atoms with Crippen LogP contribution in [-0.4, -0.2) is 36.9 Å². The second-order valence-corrected chi connectivity index (χ2v) is 4.58. The van der Waals surface area contributed by atoms with E-state index in [0.717, 1.165) is 18.8 Å². The summed E-state index contributed by atoms with van der Waals surface area (Å²) in [5.74, 6) is -0.0815. The van der Waals surface area contributed by atoms with Crippen molar-refractivity contribution in [2.75, 3.05) is 13.7 Å². The van der Waals surface area contributed by atoms with Gasteiger partial charge in [0.1, 0.15) is 6.04 Å². The predicted octanol–water partition coefficient (Wildman–Crippen LogP) is 1.64. The standard InChI is InChI=1S/C12H23NO3/c1-3-9-5-4-6-10(7-9)16-8-11(13-2)12(14)15/h9-11,13H,3-8H2,1-2H3,(H,14,15). The number of likely N-dealkylation sites (N-methyl/N-ethyl adjacent to an activating group) is 1. The number of carboxylic acid groups (broad SMARTS) is 1. The molecular formula is C12H23NO3. The molecule has 1 saturated carbocycles. The van der Waals surface area contributed by atoms with Crippen LogP contribution in [0, 0.1) is 5.92 Å². The van der Waals surface area contributed by atoms with Crippen LogP contribution in [0.3, 0.4) is 0 Å². The Kier molecular flexibility index (Phi) is 5.77. The summed E-state index contributed by atoms with van der Waals surface area (Å²) in [6, 6.07) is -0.581. The molecule has 0 aromatic carbocycles. The molecule has 0 amide bonds. The van der Waals surface area contributed by atoms with Crippen molar-refractivity contribution >= 4 is 5.97 Å². The average molecular weight is 229 g/mol. The van der Waals surface area contributed by atoms with Crippen molar-refractivity contribution in [2.24, 2.45) is 5.92 Å². The van der Waals surface area contributed by atoms with Crippen molar-refractivity contribution in [3.63, 3.8) is 0 Å². The van der Waals surface area contributed by atoms with Gasteiger partial charge in [0, 0.05) is 0 Å². The minimum atomic E-state index is -0.842. The van der Waals surface area contributed by atoms with Crippen molar-refractivity contribution in [3.05, 3.63) is 0 Å². The lowest BCUT2D eigenvalue weighted by atomic mass is 9.85. The molecule has 16 heavy (non-hydrogen) atoms. The summed E-state index contributed by atoms with van der Waals surface area (Å²) in [7, 11) is 1.65. The molecule has 0 aliphatic heterocycles. The third-order valence-corrected chi connectivity index (χ3v) is 3.46. The number of hydrogen-bond donors (Lipinski definition) is 2. The normalized spacial score (nSPS) is 27.6. The van der Waals surface area contributed by atoms with Gasteiger partial charge in [-0.2, -0.15) is 0 Å². The Labute approximate surface area is 97.4 Å². The Morgan fingerprint density at radius 3 is 2.88 bits per heavy atom. The maximum absolute atomic E-state index is 10.8. The highest BCUT2D eigenvalue weighted by molar-refractivity contribution is 5.73. The molecule has 1 aliphatic carbocycles. The van der Waals surface area contributed by atoms with E-state index in [1.54, 1.807) is 7.05 Å². The SMILES string of the molecule is CCC1CCCC(OCC(NC)C(=O)O)C1. The maximum Gasteiger partial charge on any atom is 0.323 e. The van der Waals surface area contributed by atoms with Gasteiger partial charge in [-0.15, -0.1) is 0 Å². The fourth-order valence-corrected chi connectivity index (χ4v) is 2.27. The minimum absolute atomic E-state index is 0.258. The van der Waals surface area contributed by atoms with Gasteiger partial charge in [-0.05, 0) is 25.8 Å². The molecule has 3 atom stereocenters. The van der Waals surface area contributed by atoms with Crippen LogP contribution < -0.4 is 5.32 Å². The van der Waals surface area contributed by atoms with E-state index in [0.29, 0.717) is 0 Å². The number of aliphatic carboxylic acids is 1. The summed E-state index contributed by atoms with van der Waals surface area (Å²) in [6.07, 6.45) is 6.13. The van der Waals surface area contributed by atoms with Crippen LogP contribution in [0.5, 0.6) is 0 Å². The number of nitrogens with one attached hydrogen (secondary N) is 1. The molecule has 0 spiro atoms. The monoisotopic (exact) mass is 229 g/mol. The lowest BCUT2D eigenvalue weighted by Gasteiger charge is -2.29. The largest absolute Gasteiger partial charge is 0.480 e. The molecule has 94 valence electrons. The molecule has 2 N–H and O–H groups in total. The zero-order valence-electron chi connectivity index (χ0n) is 10.2. The second-order valence-electron chi connectivity index (χ2n) is 4.58. The molecule has 0 heterocycles. The van der Waals surface area contributed by atoms with Gasteiger partial charge >= 0.3 is 5.97 Å². The van der Waals surface area contributed by atoms with E-state index >= 15 is 0 Å². The third kappa shape index (κ3) is 4.10.